The zero-order chi connectivity index (χ0) is 14.4. The maximum Gasteiger partial charge on any atom is 0.407 e. The Labute approximate surface area is 120 Å². The van der Waals surface area contributed by atoms with E-state index in [2.05, 4.69) is 5.32 Å². The van der Waals surface area contributed by atoms with E-state index in [1.807, 2.05) is 17.5 Å². The molecular weight excluding hydrogens is 276 g/mol. The van der Waals surface area contributed by atoms with Crippen molar-refractivity contribution in [2.45, 2.75) is 13.2 Å². The fourth-order valence-electron chi connectivity index (χ4n) is 1.53. The SMILES string of the molecule is [NH]C(=O)c1ccc(CNC(=O)OCc2cccs2)cc1. The summed E-state index contributed by atoms with van der Waals surface area (Å²) in [5.41, 5.74) is 8.12. The molecule has 0 fully saturated rings. The lowest BCUT2D eigenvalue weighted by Crippen LogP contribution is -2.23. The van der Waals surface area contributed by atoms with Crippen LogP contribution in [0.15, 0.2) is 41.8 Å². The van der Waals surface area contributed by atoms with E-state index in [-0.39, 0.29) is 6.61 Å². The highest BCUT2D eigenvalue weighted by molar-refractivity contribution is 7.09. The molecule has 0 bridgehead atoms. The summed E-state index contributed by atoms with van der Waals surface area (Å²) < 4.78 is 5.05. The Hall–Kier alpha value is -2.34. The van der Waals surface area contributed by atoms with Gasteiger partial charge in [-0.2, -0.15) is 0 Å². The van der Waals surface area contributed by atoms with Crippen molar-refractivity contribution in [3.05, 3.63) is 57.8 Å². The number of rotatable bonds is 5. The molecule has 0 aliphatic rings. The van der Waals surface area contributed by atoms with Crippen LogP contribution in [-0.2, 0) is 17.9 Å². The number of ether oxygens (including phenoxy) is 1. The van der Waals surface area contributed by atoms with Crippen LogP contribution in [0.3, 0.4) is 0 Å². The first-order valence-electron chi connectivity index (χ1n) is 5.93. The maximum absolute atomic E-state index is 11.5. The van der Waals surface area contributed by atoms with Gasteiger partial charge in [-0.3, -0.25) is 10.5 Å². The predicted molar refractivity (Wildman–Crippen MR) is 75.2 cm³/mol. The first-order chi connectivity index (χ1) is 9.65. The van der Waals surface area contributed by atoms with Gasteiger partial charge >= 0.3 is 6.09 Å². The van der Waals surface area contributed by atoms with E-state index in [9.17, 15) is 9.59 Å². The molecule has 2 N–H and O–H groups in total. The van der Waals surface area contributed by atoms with E-state index >= 15 is 0 Å². The number of thiophene rings is 1. The average molecular weight is 289 g/mol. The van der Waals surface area contributed by atoms with Crippen LogP contribution in [0.2, 0.25) is 0 Å². The molecule has 0 saturated carbocycles. The molecule has 2 rings (SSSR count). The monoisotopic (exact) mass is 289 g/mol. The highest BCUT2D eigenvalue weighted by Gasteiger charge is 2.04. The third kappa shape index (κ3) is 4.10. The summed E-state index contributed by atoms with van der Waals surface area (Å²) in [5, 5.41) is 4.54. The van der Waals surface area contributed by atoms with Crippen LogP contribution in [0.25, 0.3) is 0 Å². The Bertz CT molecular complexity index is 579. The van der Waals surface area contributed by atoms with Crippen molar-refractivity contribution in [1.29, 1.82) is 0 Å². The van der Waals surface area contributed by atoms with E-state index < -0.39 is 12.0 Å². The minimum absolute atomic E-state index is 0.260. The molecule has 103 valence electrons. The van der Waals surface area contributed by atoms with Gasteiger partial charge < -0.3 is 10.1 Å². The minimum atomic E-state index is -0.722. The normalized spacial score (nSPS) is 10.0. The zero-order valence-electron chi connectivity index (χ0n) is 10.6. The van der Waals surface area contributed by atoms with Crippen molar-refractivity contribution < 1.29 is 14.3 Å². The van der Waals surface area contributed by atoms with E-state index in [1.54, 1.807) is 24.3 Å². The second-order valence-corrected chi connectivity index (χ2v) is 5.07. The van der Waals surface area contributed by atoms with E-state index in [1.165, 1.54) is 11.3 Å². The number of hydrogen-bond donors (Lipinski definition) is 1. The van der Waals surface area contributed by atoms with Crippen LogP contribution < -0.4 is 11.1 Å². The standard InChI is InChI=1S/C14H13N2O3S/c15-13(17)11-5-3-10(4-6-11)8-16-14(18)19-9-12-2-1-7-20-12/h1-7,15H,8-9H2,(H,16,18). The average Bonchev–Trinajstić information content (AvgIpc) is 2.96. The van der Waals surface area contributed by atoms with Gasteiger partial charge in [-0.05, 0) is 29.1 Å². The van der Waals surface area contributed by atoms with Crippen molar-refractivity contribution in [2.75, 3.05) is 0 Å². The zero-order valence-corrected chi connectivity index (χ0v) is 11.4. The predicted octanol–water partition coefficient (Wildman–Crippen LogP) is 2.60. The first kappa shape index (κ1) is 14.1. The fourth-order valence-corrected chi connectivity index (χ4v) is 2.15. The third-order valence-electron chi connectivity index (χ3n) is 2.58. The summed E-state index contributed by atoms with van der Waals surface area (Å²) in [6, 6.07) is 10.3. The quantitative estimate of drug-likeness (QED) is 0.918. The summed E-state index contributed by atoms with van der Waals surface area (Å²) in [4.78, 5) is 23.3. The molecule has 2 amide bonds. The molecule has 1 aromatic heterocycles. The van der Waals surface area contributed by atoms with Gasteiger partial charge in [0.05, 0.1) is 0 Å². The number of carbonyl (C=O) groups is 2. The molecule has 6 heteroatoms. The van der Waals surface area contributed by atoms with Crippen LogP contribution in [0.1, 0.15) is 20.8 Å². The molecule has 0 atom stereocenters. The van der Waals surface area contributed by atoms with E-state index in [4.69, 9.17) is 10.5 Å². The van der Waals surface area contributed by atoms with Gasteiger partial charge in [-0.25, -0.2) is 4.79 Å². The molecule has 5 nitrogen and oxygen atoms in total. The van der Waals surface area contributed by atoms with Gasteiger partial charge in [0, 0.05) is 17.0 Å². The highest BCUT2D eigenvalue weighted by Crippen LogP contribution is 2.09. The molecule has 2 aromatic rings. The lowest BCUT2D eigenvalue weighted by molar-refractivity contribution is 0.0992. The second-order valence-electron chi connectivity index (χ2n) is 4.04. The van der Waals surface area contributed by atoms with Gasteiger partial charge in [0.25, 0.3) is 5.91 Å². The number of alkyl carbamates (subject to hydrolysis) is 1. The summed E-state index contributed by atoms with van der Waals surface area (Å²) >= 11 is 1.53. The fraction of sp³-hybridized carbons (Fsp3) is 0.143. The molecule has 1 radical (unpaired) electrons. The smallest absolute Gasteiger partial charge is 0.407 e. The van der Waals surface area contributed by atoms with Crippen LogP contribution >= 0.6 is 11.3 Å². The van der Waals surface area contributed by atoms with Crippen LogP contribution in [0.5, 0.6) is 0 Å². The molecule has 20 heavy (non-hydrogen) atoms. The number of hydrogen-bond acceptors (Lipinski definition) is 4. The lowest BCUT2D eigenvalue weighted by atomic mass is 10.1. The molecule has 0 spiro atoms. The maximum atomic E-state index is 11.5. The molecule has 0 saturated heterocycles. The topological polar surface area (TPSA) is 79.2 Å². The molecule has 0 aliphatic carbocycles. The van der Waals surface area contributed by atoms with E-state index in [0.717, 1.165) is 10.4 Å². The van der Waals surface area contributed by atoms with Crippen LogP contribution in [0, 0.1) is 0 Å². The van der Waals surface area contributed by atoms with Crippen molar-refractivity contribution in [1.82, 2.24) is 11.1 Å². The largest absolute Gasteiger partial charge is 0.444 e. The van der Waals surface area contributed by atoms with Crippen LogP contribution in [-0.4, -0.2) is 12.0 Å². The van der Waals surface area contributed by atoms with Gasteiger partial charge in [0.1, 0.15) is 6.61 Å². The number of benzene rings is 1. The van der Waals surface area contributed by atoms with Gasteiger partial charge in [-0.15, -0.1) is 11.3 Å². The van der Waals surface area contributed by atoms with Gasteiger partial charge in [0.15, 0.2) is 0 Å². The third-order valence-corrected chi connectivity index (χ3v) is 3.43. The summed E-state index contributed by atoms with van der Waals surface area (Å²) in [7, 11) is 0. The number of carbonyl (C=O) groups excluding carboxylic acids is 2. The van der Waals surface area contributed by atoms with Crippen molar-refractivity contribution >= 4 is 23.3 Å². The number of nitrogens with one attached hydrogen (secondary N) is 2. The van der Waals surface area contributed by atoms with Gasteiger partial charge in [-0.1, -0.05) is 18.2 Å². The summed E-state index contributed by atoms with van der Waals surface area (Å²) in [6.07, 6.45) is -0.487. The molecular formula is C14H13N2O3S. The minimum Gasteiger partial charge on any atom is -0.444 e. The van der Waals surface area contributed by atoms with Crippen molar-refractivity contribution in [2.24, 2.45) is 0 Å². The summed E-state index contributed by atoms with van der Waals surface area (Å²) in [5.74, 6) is -0.722. The van der Waals surface area contributed by atoms with Gasteiger partial charge in [0.2, 0.25) is 0 Å². The second kappa shape index (κ2) is 6.72. The highest BCUT2D eigenvalue weighted by atomic mass is 32.1. The Kier molecular flexibility index (Phi) is 4.73. The van der Waals surface area contributed by atoms with Crippen molar-refractivity contribution in [3.63, 3.8) is 0 Å². The Balaban J connectivity index is 1.76. The number of amides is 2. The molecule has 1 heterocycles. The molecule has 1 aromatic carbocycles. The van der Waals surface area contributed by atoms with Crippen LogP contribution in [0.4, 0.5) is 4.79 Å². The summed E-state index contributed by atoms with van der Waals surface area (Å²) in [6.45, 7) is 0.575. The first-order valence-corrected chi connectivity index (χ1v) is 6.81. The molecule has 0 unspecified atom stereocenters. The van der Waals surface area contributed by atoms with Crippen molar-refractivity contribution in [3.8, 4) is 0 Å². The lowest BCUT2D eigenvalue weighted by Gasteiger charge is -2.06. The Morgan fingerprint density at radius 2 is 1.95 bits per heavy atom. The van der Waals surface area contributed by atoms with E-state index in [0.29, 0.717) is 12.1 Å². The Morgan fingerprint density at radius 1 is 1.20 bits per heavy atom. The Morgan fingerprint density at radius 3 is 2.55 bits per heavy atom. The molecule has 0 aliphatic heterocycles.